The van der Waals surface area contributed by atoms with Gasteiger partial charge >= 0.3 is 0 Å². The SMILES string of the molecule is OCCOCCNC1CCCC1CO. The largest absolute Gasteiger partial charge is 0.396 e. The van der Waals surface area contributed by atoms with Gasteiger partial charge in [0.05, 0.1) is 19.8 Å². The maximum atomic E-state index is 9.07. The normalized spacial score (nSPS) is 27.0. The predicted molar refractivity (Wildman–Crippen MR) is 54.1 cm³/mol. The molecule has 0 bridgehead atoms. The van der Waals surface area contributed by atoms with E-state index in [4.69, 9.17) is 14.9 Å². The molecule has 4 nitrogen and oxygen atoms in total. The molecule has 0 spiro atoms. The fourth-order valence-electron chi connectivity index (χ4n) is 2.01. The van der Waals surface area contributed by atoms with E-state index in [-0.39, 0.29) is 13.2 Å². The van der Waals surface area contributed by atoms with Crippen LogP contribution in [0, 0.1) is 5.92 Å². The van der Waals surface area contributed by atoms with E-state index in [9.17, 15) is 0 Å². The molecule has 1 aliphatic carbocycles. The van der Waals surface area contributed by atoms with E-state index in [1.54, 1.807) is 0 Å². The smallest absolute Gasteiger partial charge is 0.0698 e. The van der Waals surface area contributed by atoms with E-state index >= 15 is 0 Å². The summed E-state index contributed by atoms with van der Waals surface area (Å²) >= 11 is 0. The monoisotopic (exact) mass is 203 g/mol. The van der Waals surface area contributed by atoms with Gasteiger partial charge in [-0.1, -0.05) is 6.42 Å². The van der Waals surface area contributed by atoms with Gasteiger partial charge in [0.2, 0.25) is 0 Å². The maximum absolute atomic E-state index is 9.07. The first-order valence-corrected chi connectivity index (χ1v) is 5.41. The van der Waals surface area contributed by atoms with E-state index in [1.165, 1.54) is 6.42 Å². The number of hydrogen-bond acceptors (Lipinski definition) is 4. The van der Waals surface area contributed by atoms with Crippen LogP contribution in [0.1, 0.15) is 19.3 Å². The highest BCUT2D eigenvalue weighted by atomic mass is 16.5. The average Bonchev–Trinajstić information content (AvgIpc) is 2.65. The van der Waals surface area contributed by atoms with Crippen LogP contribution in [-0.4, -0.2) is 49.2 Å². The molecule has 1 rings (SSSR count). The standard InChI is InChI=1S/C10H21NO3/c12-5-7-14-6-4-11-10-3-1-2-9(10)8-13/h9-13H,1-8H2. The molecular formula is C10H21NO3. The van der Waals surface area contributed by atoms with Crippen molar-refractivity contribution in [3.8, 4) is 0 Å². The number of nitrogens with one attached hydrogen (secondary N) is 1. The van der Waals surface area contributed by atoms with Gasteiger partial charge in [-0.2, -0.15) is 0 Å². The summed E-state index contributed by atoms with van der Waals surface area (Å²) in [5.74, 6) is 0.424. The summed E-state index contributed by atoms with van der Waals surface area (Å²) in [6.07, 6.45) is 3.50. The minimum absolute atomic E-state index is 0.0860. The molecule has 0 saturated heterocycles. The van der Waals surface area contributed by atoms with Crippen LogP contribution >= 0.6 is 0 Å². The summed E-state index contributed by atoms with van der Waals surface area (Å²) in [5.41, 5.74) is 0. The molecule has 1 fully saturated rings. The lowest BCUT2D eigenvalue weighted by Crippen LogP contribution is -2.36. The Labute approximate surface area is 85.3 Å². The third kappa shape index (κ3) is 3.92. The molecule has 3 N–H and O–H groups in total. The molecule has 2 atom stereocenters. The summed E-state index contributed by atoms with van der Waals surface area (Å²) in [7, 11) is 0. The van der Waals surface area contributed by atoms with Crippen molar-refractivity contribution in [2.75, 3.05) is 33.0 Å². The Bertz CT molecular complexity index is 143. The van der Waals surface area contributed by atoms with Crippen LogP contribution in [0.4, 0.5) is 0 Å². The summed E-state index contributed by atoms with van der Waals surface area (Å²) in [6.45, 7) is 2.23. The van der Waals surface area contributed by atoms with E-state index in [2.05, 4.69) is 5.32 Å². The Balaban J connectivity index is 2.00. The zero-order chi connectivity index (χ0) is 10.2. The summed E-state index contributed by atoms with van der Waals surface area (Å²) in [4.78, 5) is 0. The van der Waals surface area contributed by atoms with Crippen LogP contribution in [0.5, 0.6) is 0 Å². The first-order valence-electron chi connectivity index (χ1n) is 5.41. The lowest BCUT2D eigenvalue weighted by molar-refractivity contribution is 0.0907. The van der Waals surface area contributed by atoms with Gasteiger partial charge in [0.15, 0.2) is 0 Å². The van der Waals surface area contributed by atoms with Gasteiger partial charge in [0, 0.05) is 19.2 Å². The Kier molecular flexibility index (Phi) is 6.10. The first kappa shape index (κ1) is 11.9. The quantitative estimate of drug-likeness (QED) is 0.499. The van der Waals surface area contributed by atoms with Gasteiger partial charge in [-0.15, -0.1) is 0 Å². The average molecular weight is 203 g/mol. The zero-order valence-corrected chi connectivity index (χ0v) is 8.61. The second-order valence-electron chi connectivity index (χ2n) is 3.77. The number of aliphatic hydroxyl groups is 2. The molecule has 0 aromatic carbocycles. The molecule has 84 valence electrons. The molecule has 0 aliphatic heterocycles. The lowest BCUT2D eigenvalue weighted by Gasteiger charge is -2.18. The van der Waals surface area contributed by atoms with Gasteiger partial charge in [0.25, 0.3) is 0 Å². The van der Waals surface area contributed by atoms with Crippen molar-refractivity contribution in [3.63, 3.8) is 0 Å². The lowest BCUT2D eigenvalue weighted by atomic mass is 10.1. The van der Waals surface area contributed by atoms with Crippen molar-refractivity contribution < 1.29 is 14.9 Å². The highest BCUT2D eigenvalue weighted by molar-refractivity contribution is 4.82. The molecule has 0 aromatic heterocycles. The van der Waals surface area contributed by atoms with Crippen LogP contribution in [-0.2, 0) is 4.74 Å². The van der Waals surface area contributed by atoms with Gasteiger partial charge < -0.3 is 20.3 Å². The first-order chi connectivity index (χ1) is 6.88. The van der Waals surface area contributed by atoms with Crippen molar-refractivity contribution in [3.05, 3.63) is 0 Å². The second kappa shape index (κ2) is 7.17. The second-order valence-corrected chi connectivity index (χ2v) is 3.77. The molecule has 1 saturated carbocycles. The number of rotatable bonds is 7. The minimum atomic E-state index is 0.0860. The van der Waals surface area contributed by atoms with Gasteiger partial charge in [0.1, 0.15) is 0 Å². The zero-order valence-electron chi connectivity index (χ0n) is 8.61. The molecule has 2 unspecified atom stereocenters. The van der Waals surface area contributed by atoms with E-state index in [1.807, 2.05) is 0 Å². The molecule has 0 aromatic rings. The third-order valence-electron chi connectivity index (χ3n) is 2.78. The molecule has 0 heterocycles. The van der Waals surface area contributed by atoms with Crippen LogP contribution in [0.3, 0.4) is 0 Å². The molecule has 4 heteroatoms. The molecule has 0 amide bonds. The summed E-state index contributed by atoms with van der Waals surface area (Å²) in [5, 5.41) is 20.9. The number of ether oxygens (including phenoxy) is 1. The van der Waals surface area contributed by atoms with Crippen LogP contribution in [0.2, 0.25) is 0 Å². The molecule has 1 aliphatic rings. The van der Waals surface area contributed by atoms with Crippen molar-refractivity contribution in [2.45, 2.75) is 25.3 Å². The fourth-order valence-corrected chi connectivity index (χ4v) is 2.01. The van der Waals surface area contributed by atoms with Crippen molar-refractivity contribution in [1.82, 2.24) is 5.32 Å². The highest BCUT2D eigenvalue weighted by Crippen LogP contribution is 2.24. The van der Waals surface area contributed by atoms with Gasteiger partial charge in [-0.05, 0) is 18.8 Å². The van der Waals surface area contributed by atoms with Gasteiger partial charge in [-0.3, -0.25) is 0 Å². The molecular weight excluding hydrogens is 182 g/mol. The minimum Gasteiger partial charge on any atom is -0.396 e. The summed E-state index contributed by atoms with van der Waals surface area (Å²) in [6, 6.07) is 0.456. The molecule has 14 heavy (non-hydrogen) atoms. The van der Waals surface area contributed by atoms with Crippen LogP contribution in [0.15, 0.2) is 0 Å². The van der Waals surface area contributed by atoms with E-state index in [0.717, 1.165) is 19.4 Å². The fraction of sp³-hybridized carbons (Fsp3) is 1.00. The van der Waals surface area contributed by atoms with Gasteiger partial charge in [-0.25, -0.2) is 0 Å². The van der Waals surface area contributed by atoms with Crippen molar-refractivity contribution >= 4 is 0 Å². The van der Waals surface area contributed by atoms with E-state index < -0.39 is 0 Å². The maximum Gasteiger partial charge on any atom is 0.0698 e. The predicted octanol–water partition coefficient (Wildman–Crippen LogP) is -0.254. The topological polar surface area (TPSA) is 61.7 Å². The number of aliphatic hydroxyl groups excluding tert-OH is 2. The molecule has 0 radical (unpaired) electrons. The van der Waals surface area contributed by atoms with Crippen molar-refractivity contribution in [2.24, 2.45) is 5.92 Å². The van der Waals surface area contributed by atoms with Crippen molar-refractivity contribution in [1.29, 1.82) is 0 Å². The van der Waals surface area contributed by atoms with E-state index in [0.29, 0.717) is 25.2 Å². The highest BCUT2D eigenvalue weighted by Gasteiger charge is 2.25. The van der Waals surface area contributed by atoms with Crippen LogP contribution < -0.4 is 5.32 Å². The Morgan fingerprint density at radius 2 is 2.07 bits per heavy atom. The third-order valence-corrected chi connectivity index (χ3v) is 2.78. The number of hydrogen-bond donors (Lipinski definition) is 3. The summed E-state index contributed by atoms with van der Waals surface area (Å²) < 4.78 is 5.14. The Morgan fingerprint density at radius 1 is 1.21 bits per heavy atom. The Morgan fingerprint density at radius 3 is 2.79 bits per heavy atom. The van der Waals surface area contributed by atoms with Crippen LogP contribution in [0.25, 0.3) is 0 Å². The Hall–Kier alpha value is -0.160.